The number of hydrogen-bond donors (Lipinski definition) is 1. The van der Waals surface area contributed by atoms with Crippen LogP contribution < -0.4 is 10.2 Å². The summed E-state index contributed by atoms with van der Waals surface area (Å²) in [5.74, 6) is 1.14. The SMILES string of the molecule is CCNCc1cc(C)nc(N(Cc2cccs2)C2CC2)c1. The van der Waals surface area contributed by atoms with Gasteiger partial charge in [0.1, 0.15) is 5.82 Å². The molecule has 0 unspecified atom stereocenters. The Hall–Kier alpha value is -1.39. The van der Waals surface area contributed by atoms with Crippen molar-refractivity contribution >= 4 is 17.2 Å². The van der Waals surface area contributed by atoms with Crippen LogP contribution in [0.2, 0.25) is 0 Å². The molecule has 0 aromatic carbocycles. The Morgan fingerprint density at radius 3 is 2.90 bits per heavy atom. The Kier molecular flexibility index (Phi) is 4.56. The van der Waals surface area contributed by atoms with E-state index < -0.39 is 0 Å². The largest absolute Gasteiger partial charge is 0.348 e. The summed E-state index contributed by atoms with van der Waals surface area (Å²) in [7, 11) is 0. The van der Waals surface area contributed by atoms with Gasteiger partial charge in [0.05, 0.1) is 6.54 Å². The summed E-state index contributed by atoms with van der Waals surface area (Å²) in [6, 6.07) is 9.46. The second kappa shape index (κ2) is 6.58. The van der Waals surface area contributed by atoms with Crippen molar-refractivity contribution in [3.05, 3.63) is 45.8 Å². The number of aryl methyl sites for hydroxylation is 1. The van der Waals surface area contributed by atoms with E-state index in [1.165, 1.54) is 23.3 Å². The zero-order valence-electron chi connectivity index (χ0n) is 12.8. The third-order valence-electron chi connectivity index (χ3n) is 3.77. The number of thiophene rings is 1. The topological polar surface area (TPSA) is 28.2 Å². The van der Waals surface area contributed by atoms with Gasteiger partial charge in [-0.15, -0.1) is 11.3 Å². The minimum atomic E-state index is 0.674. The number of aromatic nitrogens is 1. The number of anilines is 1. The average Bonchev–Trinajstić information content (AvgIpc) is 3.18. The van der Waals surface area contributed by atoms with Crippen LogP contribution in [0.1, 0.15) is 35.9 Å². The Morgan fingerprint density at radius 1 is 1.38 bits per heavy atom. The first-order chi connectivity index (χ1) is 10.3. The van der Waals surface area contributed by atoms with Gasteiger partial charge in [-0.25, -0.2) is 4.98 Å². The minimum Gasteiger partial charge on any atom is -0.348 e. The lowest BCUT2D eigenvalue weighted by molar-refractivity contribution is 0.721. The fourth-order valence-electron chi connectivity index (χ4n) is 2.59. The summed E-state index contributed by atoms with van der Waals surface area (Å²) < 4.78 is 0. The summed E-state index contributed by atoms with van der Waals surface area (Å²) in [6.45, 7) is 7.14. The van der Waals surface area contributed by atoms with Crippen LogP contribution in [0.3, 0.4) is 0 Å². The molecule has 0 saturated heterocycles. The summed E-state index contributed by atoms with van der Waals surface area (Å²) in [5.41, 5.74) is 2.44. The quantitative estimate of drug-likeness (QED) is 0.844. The van der Waals surface area contributed by atoms with E-state index in [2.05, 4.69) is 53.7 Å². The molecular weight excluding hydrogens is 278 g/mol. The molecule has 21 heavy (non-hydrogen) atoms. The van der Waals surface area contributed by atoms with Crippen LogP contribution in [0.4, 0.5) is 5.82 Å². The molecule has 1 N–H and O–H groups in total. The van der Waals surface area contributed by atoms with Gasteiger partial charge < -0.3 is 10.2 Å². The molecular formula is C17H23N3S. The molecule has 2 aromatic heterocycles. The van der Waals surface area contributed by atoms with Crippen molar-refractivity contribution in [3.63, 3.8) is 0 Å². The molecule has 1 aliphatic carbocycles. The molecule has 4 heteroatoms. The predicted octanol–water partition coefficient (Wildman–Crippen LogP) is 3.73. The standard InChI is InChI=1S/C17H23N3S/c1-3-18-11-14-9-13(2)19-17(10-14)20(15-6-7-15)12-16-5-4-8-21-16/h4-5,8-10,15,18H,3,6-7,11-12H2,1-2H3. The first kappa shape index (κ1) is 14.5. The first-order valence-corrected chi connectivity index (χ1v) is 8.61. The molecule has 1 saturated carbocycles. The van der Waals surface area contributed by atoms with Crippen molar-refractivity contribution in [1.29, 1.82) is 0 Å². The van der Waals surface area contributed by atoms with E-state index in [-0.39, 0.29) is 0 Å². The van der Waals surface area contributed by atoms with Gasteiger partial charge in [-0.05, 0) is 55.5 Å². The maximum atomic E-state index is 4.79. The van der Waals surface area contributed by atoms with Crippen molar-refractivity contribution < 1.29 is 0 Å². The van der Waals surface area contributed by atoms with E-state index in [0.29, 0.717) is 6.04 Å². The van der Waals surface area contributed by atoms with Crippen LogP contribution in [0.15, 0.2) is 29.6 Å². The van der Waals surface area contributed by atoms with E-state index in [1.54, 1.807) is 0 Å². The van der Waals surface area contributed by atoms with Crippen molar-refractivity contribution in [2.75, 3.05) is 11.4 Å². The van der Waals surface area contributed by atoms with Gasteiger partial charge in [-0.2, -0.15) is 0 Å². The van der Waals surface area contributed by atoms with E-state index in [0.717, 1.165) is 31.1 Å². The van der Waals surface area contributed by atoms with Crippen LogP contribution in [0.5, 0.6) is 0 Å². The maximum absolute atomic E-state index is 4.79. The Bertz CT molecular complexity index is 576. The summed E-state index contributed by atoms with van der Waals surface area (Å²) >= 11 is 1.83. The van der Waals surface area contributed by atoms with Crippen LogP contribution in [-0.2, 0) is 13.1 Å². The normalized spacial score (nSPS) is 14.4. The molecule has 0 spiro atoms. The summed E-state index contributed by atoms with van der Waals surface area (Å²) in [5, 5.41) is 5.56. The van der Waals surface area contributed by atoms with Gasteiger partial charge in [0.15, 0.2) is 0 Å². The van der Waals surface area contributed by atoms with Crippen LogP contribution >= 0.6 is 11.3 Å². The lowest BCUT2D eigenvalue weighted by atomic mass is 10.2. The Morgan fingerprint density at radius 2 is 2.24 bits per heavy atom. The Labute approximate surface area is 131 Å². The first-order valence-electron chi connectivity index (χ1n) is 7.73. The fourth-order valence-corrected chi connectivity index (χ4v) is 3.30. The molecule has 112 valence electrons. The molecule has 0 aliphatic heterocycles. The maximum Gasteiger partial charge on any atom is 0.129 e. The highest BCUT2D eigenvalue weighted by Crippen LogP contribution is 2.33. The monoisotopic (exact) mass is 301 g/mol. The molecule has 0 bridgehead atoms. The molecule has 1 fully saturated rings. The molecule has 0 amide bonds. The van der Waals surface area contributed by atoms with Crippen LogP contribution in [-0.4, -0.2) is 17.6 Å². The summed E-state index contributed by atoms with van der Waals surface area (Å²) in [6.07, 6.45) is 2.59. The van der Waals surface area contributed by atoms with Gasteiger partial charge >= 0.3 is 0 Å². The highest BCUT2D eigenvalue weighted by Gasteiger charge is 2.30. The van der Waals surface area contributed by atoms with E-state index in [1.807, 2.05) is 11.3 Å². The number of nitrogens with one attached hydrogen (secondary N) is 1. The second-order valence-corrected chi connectivity index (χ2v) is 6.73. The van der Waals surface area contributed by atoms with Gasteiger partial charge in [0.25, 0.3) is 0 Å². The number of nitrogens with zero attached hydrogens (tertiary/aromatic N) is 2. The average molecular weight is 301 g/mol. The smallest absolute Gasteiger partial charge is 0.129 e. The highest BCUT2D eigenvalue weighted by atomic mass is 32.1. The second-order valence-electron chi connectivity index (χ2n) is 5.69. The third-order valence-corrected chi connectivity index (χ3v) is 4.63. The molecule has 2 aromatic rings. The van der Waals surface area contributed by atoms with E-state index in [9.17, 15) is 0 Å². The molecule has 3 nitrogen and oxygen atoms in total. The van der Waals surface area contributed by atoms with Crippen LogP contribution in [0.25, 0.3) is 0 Å². The van der Waals surface area contributed by atoms with Crippen molar-refractivity contribution in [3.8, 4) is 0 Å². The van der Waals surface area contributed by atoms with E-state index in [4.69, 9.17) is 4.98 Å². The predicted molar refractivity (Wildman–Crippen MR) is 89.9 cm³/mol. The third kappa shape index (κ3) is 3.83. The molecule has 3 rings (SSSR count). The lowest BCUT2D eigenvalue weighted by Gasteiger charge is -2.24. The number of pyridine rings is 1. The highest BCUT2D eigenvalue weighted by molar-refractivity contribution is 7.09. The number of rotatable bonds is 7. The van der Waals surface area contributed by atoms with E-state index >= 15 is 0 Å². The zero-order chi connectivity index (χ0) is 14.7. The van der Waals surface area contributed by atoms with Gasteiger partial charge in [-0.1, -0.05) is 13.0 Å². The molecule has 0 radical (unpaired) electrons. The van der Waals surface area contributed by atoms with Crippen molar-refractivity contribution in [2.45, 2.75) is 45.8 Å². The van der Waals surface area contributed by atoms with Gasteiger partial charge in [0.2, 0.25) is 0 Å². The fraction of sp³-hybridized carbons (Fsp3) is 0.471. The zero-order valence-corrected chi connectivity index (χ0v) is 13.6. The van der Waals surface area contributed by atoms with Crippen LogP contribution in [0, 0.1) is 6.92 Å². The molecule has 1 aliphatic rings. The van der Waals surface area contributed by atoms with Gasteiger partial charge in [0, 0.05) is 23.2 Å². The lowest BCUT2D eigenvalue weighted by Crippen LogP contribution is -2.26. The number of hydrogen-bond acceptors (Lipinski definition) is 4. The molecule has 2 heterocycles. The molecule has 0 atom stereocenters. The Balaban J connectivity index is 1.82. The summed E-state index contributed by atoms with van der Waals surface area (Å²) in [4.78, 5) is 8.68. The minimum absolute atomic E-state index is 0.674. The van der Waals surface area contributed by atoms with Gasteiger partial charge in [-0.3, -0.25) is 0 Å². The van der Waals surface area contributed by atoms with Crippen molar-refractivity contribution in [1.82, 2.24) is 10.3 Å². The van der Waals surface area contributed by atoms with Crippen molar-refractivity contribution in [2.24, 2.45) is 0 Å².